The lowest BCUT2D eigenvalue weighted by Crippen LogP contribution is -2.47. The molecule has 1 aromatic rings. The zero-order valence-corrected chi connectivity index (χ0v) is 15.1. The van der Waals surface area contributed by atoms with Crippen molar-refractivity contribution in [1.29, 1.82) is 0 Å². The number of ether oxygens (including phenoxy) is 1. The van der Waals surface area contributed by atoms with Gasteiger partial charge in [-0.1, -0.05) is 24.8 Å². The molecule has 2 rings (SSSR count). The van der Waals surface area contributed by atoms with Crippen LogP contribution in [-0.2, 0) is 20.9 Å². The van der Waals surface area contributed by atoms with Gasteiger partial charge in [-0.15, -0.1) is 4.72 Å². The Morgan fingerprint density at radius 1 is 1.38 bits per heavy atom. The van der Waals surface area contributed by atoms with E-state index in [1.807, 2.05) is 0 Å². The number of carbonyl (C=O) groups is 2. The summed E-state index contributed by atoms with van der Waals surface area (Å²) in [5, 5.41) is 0. The summed E-state index contributed by atoms with van der Waals surface area (Å²) in [4.78, 5) is 25.8. The minimum Gasteiger partial charge on any atom is -0.598 e. The molecule has 130 valence electrons. The standard InChI is InChI=1S/C17H22N2O4S/c1-11-12-8-6-7-9-13(12)15(21)19(5)16(11)23-14(20)10-18-24(22)17(2,3)4/h6-9,16,18H,1,10H2,2-5H3/t16?,24-/m1/s1. The smallest absolute Gasteiger partial charge is 0.326 e. The molecule has 0 spiro atoms. The van der Waals surface area contributed by atoms with Gasteiger partial charge >= 0.3 is 5.97 Å². The van der Waals surface area contributed by atoms with Crippen molar-refractivity contribution in [2.24, 2.45) is 0 Å². The van der Waals surface area contributed by atoms with Crippen LogP contribution in [0.15, 0.2) is 30.8 Å². The molecule has 1 heterocycles. The van der Waals surface area contributed by atoms with Gasteiger partial charge in [0, 0.05) is 29.5 Å². The molecule has 2 atom stereocenters. The van der Waals surface area contributed by atoms with Gasteiger partial charge in [0.15, 0.2) is 0 Å². The quantitative estimate of drug-likeness (QED) is 0.660. The number of esters is 1. The highest BCUT2D eigenvalue weighted by Crippen LogP contribution is 2.31. The topological polar surface area (TPSA) is 81.7 Å². The highest BCUT2D eigenvalue weighted by molar-refractivity contribution is 7.90. The number of benzene rings is 1. The first-order valence-electron chi connectivity index (χ1n) is 7.53. The van der Waals surface area contributed by atoms with Gasteiger partial charge in [0.2, 0.25) is 6.23 Å². The third-order valence-electron chi connectivity index (χ3n) is 3.62. The molecule has 6 nitrogen and oxygen atoms in total. The molecule has 0 saturated carbocycles. The second-order valence-electron chi connectivity index (χ2n) is 6.53. The second-order valence-corrected chi connectivity index (χ2v) is 8.58. The summed E-state index contributed by atoms with van der Waals surface area (Å²) in [6.45, 7) is 9.15. The zero-order chi connectivity index (χ0) is 18.1. The lowest BCUT2D eigenvalue weighted by atomic mass is 9.94. The Kier molecular flexibility index (Phi) is 5.37. The number of nitrogens with zero attached hydrogens (tertiary/aromatic N) is 1. The van der Waals surface area contributed by atoms with Crippen LogP contribution in [0.1, 0.15) is 36.7 Å². The van der Waals surface area contributed by atoms with E-state index in [-0.39, 0.29) is 12.5 Å². The average molecular weight is 350 g/mol. The predicted molar refractivity (Wildman–Crippen MR) is 93.3 cm³/mol. The molecule has 1 N–H and O–H groups in total. The van der Waals surface area contributed by atoms with E-state index < -0.39 is 28.3 Å². The largest absolute Gasteiger partial charge is 0.598 e. The van der Waals surface area contributed by atoms with Crippen LogP contribution in [0.25, 0.3) is 5.57 Å². The van der Waals surface area contributed by atoms with Crippen LogP contribution >= 0.6 is 0 Å². The van der Waals surface area contributed by atoms with Crippen LogP contribution in [-0.4, -0.2) is 45.9 Å². The van der Waals surface area contributed by atoms with Gasteiger partial charge < -0.3 is 14.2 Å². The molecule has 1 aliphatic rings. The summed E-state index contributed by atoms with van der Waals surface area (Å²) < 4.78 is 19.4. The van der Waals surface area contributed by atoms with Crippen LogP contribution in [0, 0.1) is 0 Å². The maximum absolute atomic E-state index is 12.4. The van der Waals surface area contributed by atoms with E-state index in [1.165, 1.54) is 4.90 Å². The van der Waals surface area contributed by atoms with Gasteiger partial charge in [-0.05, 0) is 32.4 Å². The molecule has 0 bridgehead atoms. The number of nitrogens with one attached hydrogen (secondary N) is 1. The summed E-state index contributed by atoms with van der Waals surface area (Å²) in [5.74, 6) is -0.834. The number of likely N-dealkylation sites (N-methyl/N-ethyl adjacent to an activating group) is 1. The van der Waals surface area contributed by atoms with Crippen LogP contribution in [0.3, 0.4) is 0 Å². The maximum Gasteiger partial charge on any atom is 0.326 e. The predicted octanol–water partition coefficient (Wildman–Crippen LogP) is 1.71. The molecule has 7 heteroatoms. The fourth-order valence-electron chi connectivity index (χ4n) is 2.27. The van der Waals surface area contributed by atoms with Crippen molar-refractivity contribution < 1.29 is 18.9 Å². The second kappa shape index (κ2) is 6.96. The summed E-state index contributed by atoms with van der Waals surface area (Å²) in [5.41, 5.74) is 1.74. The molecular weight excluding hydrogens is 328 g/mol. The van der Waals surface area contributed by atoms with Gasteiger partial charge in [-0.2, -0.15) is 0 Å². The number of hydrogen-bond donors (Lipinski definition) is 1. The molecular formula is C17H22N2O4S. The summed E-state index contributed by atoms with van der Waals surface area (Å²) in [7, 11) is 1.56. The first-order chi connectivity index (χ1) is 11.1. The van der Waals surface area contributed by atoms with E-state index >= 15 is 0 Å². The van der Waals surface area contributed by atoms with E-state index in [1.54, 1.807) is 52.1 Å². The Labute approximate surface area is 145 Å². The molecule has 1 amide bonds. The van der Waals surface area contributed by atoms with Gasteiger partial charge in [0.05, 0.1) is 0 Å². The molecule has 0 aromatic heterocycles. The van der Waals surface area contributed by atoms with Crippen molar-refractivity contribution in [3.8, 4) is 0 Å². The first-order valence-corrected chi connectivity index (χ1v) is 8.68. The molecule has 1 aliphatic heterocycles. The molecule has 1 aromatic carbocycles. The first kappa shape index (κ1) is 18.5. The van der Waals surface area contributed by atoms with Gasteiger partial charge in [0.1, 0.15) is 11.3 Å². The molecule has 0 aliphatic carbocycles. The Balaban J connectivity index is 2.06. The zero-order valence-electron chi connectivity index (χ0n) is 14.3. The Hall–Kier alpha value is -1.83. The molecule has 0 fully saturated rings. The van der Waals surface area contributed by atoms with Gasteiger partial charge in [0.25, 0.3) is 5.91 Å². The monoisotopic (exact) mass is 350 g/mol. The average Bonchev–Trinajstić information content (AvgIpc) is 2.53. The fraction of sp³-hybridized carbons (Fsp3) is 0.412. The SMILES string of the molecule is C=C1c2ccccc2C(=O)N(C)C1OC(=O)CN[S@+]([O-])C(C)(C)C. The van der Waals surface area contributed by atoms with E-state index in [2.05, 4.69) is 11.3 Å². The number of rotatable bonds is 4. The van der Waals surface area contributed by atoms with Crippen LogP contribution in [0.5, 0.6) is 0 Å². The van der Waals surface area contributed by atoms with Crippen molar-refractivity contribution in [1.82, 2.24) is 9.62 Å². The van der Waals surface area contributed by atoms with Crippen molar-refractivity contribution in [3.05, 3.63) is 42.0 Å². The third-order valence-corrected chi connectivity index (χ3v) is 5.14. The van der Waals surface area contributed by atoms with Crippen LogP contribution in [0.4, 0.5) is 0 Å². The molecule has 24 heavy (non-hydrogen) atoms. The lowest BCUT2D eigenvalue weighted by molar-refractivity contribution is -0.149. The number of fused-ring (bicyclic) bond motifs is 1. The summed E-state index contributed by atoms with van der Waals surface area (Å²) in [6, 6.07) is 7.06. The van der Waals surface area contributed by atoms with Crippen molar-refractivity contribution >= 4 is 28.8 Å². The minimum atomic E-state index is -1.38. The van der Waals surface area contributed by atoms with Gasteiger partial charge in [-0.3, -0.25) is 9.59 Å². The lowest BCUT2D eigenvalue weighted by Gasteiger charge is -2.34. The number of amides is 1. The van der Waals surface area contributed by atoms with E-state index in [0.717, 1.165) is 0 Å². The van der Waals surface area contributed by atoms with E-state index in [9.17, 15) is 14.1 Å². The van der Waals surface area contributed by atoms with E-state index in [0.29, 0.717) is 16.7 Å². The number of carbonyl (C=O) groups excluding carboxylic acids is 2. The van der Waals surface area contributed by atoms with E-state index in [4.69, 9.17) is 4.74 Å². The Morgan fingerprint density at radius 2 is 1.96 bits per heavy atom. The Morgan fingerprint density at radius 3 is 2.54 bits per heavy atom. The normalized spacial score (nSPS) is 19.0. The fourth-order valence-corrected chi connectivity index (χ4v) is 2.95. The Bertz CT molecular complexity index is 669. The van der Waals surface area contributed by atoms with Crippen molar-refractivity contribution in [3.63, 3.8) is 0 Å². The minimum absolute atomic E-state index is 0.211. The van der Waals surface area contributed by atoms with Crippen LogP contribution < -0.4 is 4.72 Å². The molecule has 1 unspecified atom stereocenters. The maximum atomic E-state index is 12.4. The van der Waals surface area contributed by atoms with Crippen molar-refractivity contribution in [2.45, 2.75) is 31.7 Å². The highest BCUT2D eigenvalue weighted by Gasteiger charge is 2.35. The summed E-state index contributed by atoms with van der Waals surface area (Å²) in [6.07, 6.45) is -0.871. The summed E-state index contributed by atoms with van der Waals surface area (Å²) >= 11 is -1.38. The highest BCUT2D eigenvalue weighted by atomic mass is 32.2. The third kappa shape index (κ3) is 3.80. The number of hydrogen-bond acceptors (Lipinski definition) is 5. The molecule has 0 radical (unpaired) electrons. The van der Waals surface area contributed by atoms with Crippen LogP contribution in [0.2, 0.25) is 0 Å². The van der Waals surface area contributed by atoms with Gasteiger partial charge in [-0.25, -0.2) is 0 Å². The molecule has 0 saturated heterocycles. The van der Waals surface area contributed by atoms with Crippen molar-refractivity contribution in [2.75, 3.05) is 13.6 Å².